The first-order valence-corrected chi connectivity index (χ1v) is 4.17. The molecule has 0 atom stereocenters. The van der Waals surface area contributed by atoms with Crippen LogP contribution in [0.3, 0.4) is 0 Å². The molecule has 5 nitrogen and oxygen atoms in total. The van der Waals surface area contributed by atoms with E-state index in [1.54, 1.807) is 13.8 Å². The topological polar surface area (TPSA) is 84.6 Å². The number of rotatable bonds is 2. The number of carbonyl (C=O) groups excluding carboxylic acids is 2. The molecule has 3 amide bonds. The third-order valence-electron chi connectivity index (χ3n) is 0.995. The Balaban J connectivity index is 0. The molecular weight excluding hydrogens is 182 g/mol. The van der Waals surface area contributed by atoms with Crippen molar-refractivity contribution in [3.05, 3.63) is 12.2 Å². The van der Waals surface area contributed by atoms with Gasteiger partial charge in [0, 0.05) is 18.3 Å². The van der Waals surface area contributed by atoms with Crippen LogP contribution in [-0.4, -0.2) is 24.7 Å². The van der Waals surface area contributed by atoms with Crippen LogP contribution in [0, 0.1) is 0 Å². The molecule has 0 bridgehead atoms. The van der Waals surface area contributed by atoms with Gasteiger partial charge < -0.3 is 11.1 Å². The lowest BCUT2D eigenvalue weighted by atomic mass is 10.3. The third-order valence-corrected chi connectivity index (χ3v) is 0.995. The Labute approximate surface area is 84.1 Å². The highest BCUT2D eigenvalue weighted by atomic mass is 16.2. The van der Waals surface area contributed by atoms with E-state index in [2.05, 4.69) is 16.9 Å². The summed E-state index contributed by atoms with van der Waals surface area (Å²) in [6, 6.07) is -0.269. The maximum absolute atomic E-state index is 10.3. The van der Waals surface area contributed by atoms with Crippen LogP contribution in [0.4, 0.5) is 4.79 Å². The molecule has 0 saturated carbocycles. The second-order valence-electron chi connectivity index (χ2n) is 2.37. The van der Waals surface area contributed by atoms with Crippen molar-refractivity contribution >= 4 is 18.2 Å². The second kappa shape index (κ2) is 9.44. The molecule has 0 radical (unpaired) electrons. The molecule has 0 rings (SSSR count). The van der Waals surface area contributed by atoms with Crippen molar-refractivity contribution in [2.75, 3.05) is 6.54 Å². The summed E-state index contributed by atoms with van der Waals surface area (Å²) < 4.78 is 0. The molecule has 0 unspecified atom stereocenters. The minimum atomic E-state index is -0.435. The van der Waals surface area contributed by atoms with Gasteiger partial charge in [-0.3, -0.25) is 4.79 Å². The lowest BCUT2D eigenvalue weighted by molar-refractivity contribution is -0.114. The van der Waals surface area contributed by atoms with E-state index >= 15 is 0 Å². The zero-order valence-corrected chi connectivity index (χ0v) is 8.83. The van der Waals surface area contributed by atoms with Gasteiger partial charge in [0.25, 0.3) is 0 Å². The van der Waals surface area contributed by atoms with Gasteiger partial charge >= 0.3 is 6.03 Å². The molecular formula is C9H17N3O2. The highest BCUT2D eigenvalue weighted by Gasteiger charge is 1.87. The average Bonchev–Trinajstić information content (AvgIpc) is 2.06. The molecule has 0 aromatic heterocycles. The number of urea groups is 1. The molecule has 14 heavy (non-hydrogen) atoms. The van der Waals surface area contributed by atoms with Gasteiger partial charge in [-0.2, -0.15) is 0 Å². The summed E-state index contributed by atoms with van der Waals surface area (Å²) in [6.07, 6.45) is 1.46. The normalized spacial score (nSPS) is 8.79. The van der Waals surface area contributed by atoms with Crippen molar-refractivity contribution in [2.45, 2.75) is 20.8 Å². The van der Waals surface area contributed by atoms with Gasteiger partial charge in [-0.15, -0.1) is 0 Å². The first kappa shape index (κ1) is 14.9. The van der Waals surface area contributed by atoms with Crippen molar-refractivity contribution in [1.29, 1.82) is 0 Å². The number of nitrogens with one attached hydrogen (secondary N) is 1. The largest absolute Gasteiger partial charge is 0.366 e. The van der Waals surface area contributed by atoms with Gasteiger partial charge in [0.05, 0.1) is 0 Å². The van der Waals surface area contributed by atoms with Crippen LogP contribution in [0.25, 0.3) is 0 Å². The summed E-state index contributed by atoms with van der Waals surface area (Å²) in [6.45, 7) is 9.04. The maximum Gasteiger partial charge on any atom is 0.340 e. The van der Waals surface area contributed by atoms with E-state index in [1.165, 1.54) is 6.21 Å². The van der Waals surface area contributed by atoms with Crippen LogP contribution in [0.2, 0.25) is 0 Å². The number of aliphatic imine (C=N–C) groups is 1. The lowest BCUT2D eigenvalue weighted by Gasteiger charge is -1.90. The fraction of sp³-hybridized carbons (Fsp3) is 0.444. The summed E-state index contributed by atoms with van der Waals surface area (Å²) in [7, 11) is 0. The van der Waals surface area contributed by atoms with Gasteiger partial charge in [-0.05, 0) is 20.8 Å². The molecule has 0 aromatic carbocycles. The number of hydrogen-bond donors (Lipinski definition) is 2. The summed E-state index contributed by atoms with van der Waals surface area (Å²) >= 11 is 0. The molecule has 0 aromatic rings. The van der Waals surface area contributed by atoms with Gasteiger partial charge in [0.2, 0.25) is 5.91 Å². The standard InChI is InChI=1S/C5H10N2O.C4H7NO/c1-3-6-5(8)7-4-2;1-3(2)4(5)6/h3H,4H2,1-2H3,(H,7,8);1H2,2H3,(H2,5,6). The number of carbonyl (C=O) groups is 2. The first-order valence-electron chi connectivity index (χ1n) is 4.17. The predicted molar refractivity (Wildman–Crippen MR) is 57.2 cm³/mol. The molecule has 0 aliphatic carbocycles. The Morgan fingerprint density at radius 1 is 1.57 bits per heavy atom. The lowest BCUT2D eigenvalue weighted by Crippen LogP contribution is -2.18. The van der Waals surface area contributed by atoms with Crippen molar-refractivity contribution in [3.63, 3.8) is 0 Å². The van der Waals surface area contributed by atoms with Crippen LogP contribution in [0.5, 0.6) is 0 Å². The van der Waals surface area contributed by atoms with E-state index in [0.717, 1.165) is 0 Å². The SMILES string of the molecule is C=C(C)C(N)=O.CC=NC(=O)NCC. The first-order chi connectivity index (χ1) is 6.45. The fourth-order valence-electron chi connectivity index (χ4n) is 0.314. The van der Waals surface area contributed by atoms with Gasteiger partial charge in [-0.25, -0.2) is 9.79 Å². The van der Waals surface area contributed by atoms with E-state index in [-0.39, 0.29) is 6.03 Å². The number of nitrogens with zero attached hydrogens (tertiary/aromatic N) is 1. The van der Waals surface area contributed by atoms with Gasteiger partial charge in [-0.1, -0.05) is 6.58 Å². The summed E-state index contributed by atoms with van der Waals surface area (Å²) in [4.78, 5) is 23.6. The van der Waals surface area contributed by atoms with Crippen LogP contribution < -0.4 is 11.1 Å². The van der Waals surface area contributed by atoms with Crippen molar-refractivity contribution in [2.24, 2.45) is 10.7 Å². The molecule has 0 spiro atoms. The molecule has 3 N–H and O–H groups in total. The zero-order chi connectivity index (χ0) is 11.6. The van der Waals surface area contributed by atoms with Crippen LogP contribution in [-0.2, 0) is 4.79 Å². The molecule has 0 fully saturated rings. The molecule has 80 valence electrons. The van der Waals surface area contributed by atoms with Crippen LogP contribution in [0.1, 0.15) is 20.8 Å². The monoisotopic (exact) mass is 199 g/mol. The smallest absolute Gasteiger partial charge is 0.340 e. The van der Waals surface area contributed by atoms with Crippen LogP contribution >= 0.6 is 0 Å². The van der Waals surface area contributed by atoms with Gasteiger partial charge in [0.15, 0.2) is 0 Å². The Kier molecular flexibility index (Phi) is 10.0. The van der Waals surface area contributed by atoms with E-state index in [1.807, 2.05) is 6.92 Å². The van der Waals surface area contributed by atoms with E-state index < -0.39 is 5.91 Å². The third kappa shape index (κ3) is 13.0. The minimum Gasteiger partial charge on any atom is -0.366 e. The highest BCUT2D eigenvalue weighted by molar-refractivity contribution is 5.90. The predicted octanol–water partition coefficient (Wildman–Crippen LogP) is 0.854. The molecule has 5 heteroatoms. The Morgan fingerprint density at radius 3 is 2.21 bits per heavy atom. The minimum absolute atomic E-state index is 0.269. The highest BCUT2D eigenvalue weighted by Crippen LogP contribution is 1.78. The summed E-state index contributed by atoms with van der Waals surface area (Å²) in [5.41, 5.74) is 5.09. The van der Waals surface area contributed by atoms with E-state index in [0.29, 0.717) is 12.1 Å². The van der Waals surface area contributed by atoms with Crippen molar-refractivity contribution in [1.82, 2.24) is 5.32 Å². The Morgan fingerprint density at radius 2 is 2.00 bits per heavy atom. The van der Waals surface area contributed by atoms with E-state index in [4.69, 9.17) is 5.73 Å². The quantitative estimate of drug-likeness (QED) is 0.510. The van der Waals surface area contributed by atoms with Crippen molar-refractivity contribution < 1.29 is 9.59 Å². The average molecular weight is 199 g/mol. The molecule has 0 aliphatic heterocycles. The molecule has 0 aliphatic rings. The van der Waals surface area contributed by atoms with Crippen molar-refractivity contribution in [3.8, 4) is 0 Å². The summed E-state index contributed by atoms with van der Waals surface area (Å²) in [5, 5.41) is 2.51. The number of amides is 3. The molecule has 0 saturated heterocycles. The van der Waals surface area contributed by atoms with E-state index in [9.17, 15) is 9.59 Å². The fourth-order valence-corrected chi connectivity index (χ4v) is 0.314. The van der Waals surface area contributed by atoms with Gasteiger partial charge in [0.1, 0.15) is 0 Å². The number of hydrogen-bond acceptors (Lipinski definition) is 2. The number of nitrogens with two attached hydrogens (primary N) is 1. The Bertz CT molecular complexity index is 222. The maximum atomic E-state index is 10.3. The van der Waals surface area contributed by atoms with Crippen LogP contribution in [0.15, 0.2) is 17.1 Å². The zero-order valence-electron chi connectivity index (χ0n) is 8.83. The summed E-state index contributed by atoms with van der Waals surface area (Å²) in [5.74, 6) is -0.435. The number of primary amides is 1. The second-order valence-corrected chi connectivity index (χ2v) is 2.37. The molecule has 0 heterocycles. The Hall–Kier alpha value is -1.65.